The summed E-state index contributed by atoms with van der Waals surface area (Å²) in [6, 6.07) is 7.86. The van der Waals surface area contributed by atoms with Crippen molar-refractivity contribution in [1.82, 2.24) is 9.80 Å². The third-order valence-electron chi connectivity index (χ3n) is 5.44. The number of hydrogen-bond donors (Lipinski definition) is 0. The van der Waals surface area contributed by atoms with E-state index in [4.69, 9.17) is 9.47 Å². The van der Waals surface area contributed by atoms with Crippen molar-refractivity contribution in [2.24, 2.45) is 0 Å². The van der Waals surface area contributed by atoms with Gasteiger partial charge in [-0.05, 0) is 36.0 Å². The van der Waals surface area contributed by atoms with Gasteiger partial charge in [0, 0.05) is 24.7 Å². The van der Waals surface area contributed by atoms with Gasteiger partial charge in [0.05, 0.1) is 28.6 Å². The van der Waals surface area contributed by atoms with Crippen LogP contribution >= 0.6 is 11.8 Å². The van der Waals surface area contributed by atoms with E-state index >= 15 is 0 Å². The number of carbonyl (C=O) groups excluding carboxylic acids is 3. The molecule has 0 radical (unpaired) electrons. The zero-order valence-electron chi connectivity index (χ0n) is 18.9. The van der Waals surface area contributed by atoms with E-state index < -0.39 is 51.7 Å². The fraction of sp³-hybridized carbons (Fsp3) is 0.261. The Morgan fingerprint density at radius 1 is 1.14 bits per heavy atom. The highest BCUT2D eigenvalue weighted by atomic mass is 32.2. The SMILES string of the molecule is O=C(CN1C(=O)S/C(=C\c2ccccc2Oc2ccc(C(F)(F)F)cc2[N+](=O)[O-])C1=O)N1CCOCC1. The van der Waals surface area contributed by atoms with Crippen molar-refractivity contribution in [3.8, 4) is 11.5 Å². The fourth-order valence-corrected chi connectivity index (χ4v) is 4.39. The first-order valence-corrected chi connectivity index (χ1v) is 11.6. The van der Waals surface area contributed by atoms with Crippen molar-refractivity contribution < 1.29 is 42.0 Å². The number of halogens is 3. The summed E-state index contributed by atoms with van der Waals surface area (Å²) in [5.74, 6) is -1.54. The molecule has 14 heteroatoms. The molecule has 0 spiro atoms. The van der Waals surface area contributed by atoms with E-state index in [0.717, 1.165) is 11.0 Å². The Bertz CT molecular complexity index is 1290. The lowest BCUT2D eigenvalue weighted by Gasteiger charge is -2.28. The average molecular weight is 537 g/mol. The monoisotopic (exact) mass is 537 g/mol. The molecule has 4 rings (SSSR count). The molecule has 0 aromatic heterocycles. The number of hydrogen-bond acceptors (Lipinski definition) is 8. The van der Waals surface area contributed by atoms with E-state index in [2.05, 4.69) is 0 Å². The molecular formula is C23H18F3N3O7S. The maximum atomic E-state index is 13.0. The van der Waals surface area contributed by atoms with Crippen molar-refractivity contribution in [3.05, 3.63) is 68.6 Å². The molecular weight excluding hydrogens is 519 g/mol. The van der Waals surface area contributed by atoms with Crippen molar-refractivity contribution >= 4 is 40.6 Å². The largest absolute Gasteiger partial charge is 0.449 e. The standard InChI is InChI=1S/C23H18F3N3O7S/c24-23(25,26)15-5-6-18(16(12-15)29(33)34)36-17-4-2-1-3-14(17)11-19-21(31)28(22(32)37-19)13-20(30)27-7-9-35-10-8-27/h1-6,11-12H,7-10,13H2/b19-11-. The molecule has 10 nitrogen and oxygen atoms in total. The van der Waals surface area contributed by atoms with Crippen LogP contribution in [0.5, 0.6) is 11.5 Å². The van der Waals surface area contributed by atoms with Gasteiger partial charge in [-0.3, -0.25) is 29.4 Å². The molecule has 2 heterocycles. The highest BCUT2D eigenvalue weighted by molar-refractivity contribution is 8.18. The van der Waals surface area contributed by atoms with Gasteiger partial charge in [-0.25, -0.2) is 0 Å². The Kier molecular flexibility index (Phi) is 7.50. The second kappa shape index (κ2) is 10.6. The molecule has 2 aromatic rings. The number of imide groups is 1. The van der Waals surface area contributed by atoms with Crippen LogP contribution < -0.4 is 4.74 Å². The second-order valence-corrected chi connectivity index (χ2v) is 8.83. The predicted octanol–water partition coefficient (Wildman–Crippen LogP) is 4.30. The number of alkyl halides is 3. The van der Waals surface area contributed by atoms with Crippen LogP contribution in [0.25, 0.3) is 6.08 Å². The molecule has 37 heavy (non-hydrogen) atoms. The molecule has 2 aliphatic rings. The van der Waals surface area contributed by atoms with E-state index in [0.29, 0.717) is 50.2 Å². The van der Waals surface area contributed by atoms with Crippen LogP contribution in [0.4, 0.5) is 23.7 Å². The van der Waals surface area contributed by atoms with Crippen molar-refractivity contribution in [1.29, 1.82) is 0 Å². The quantitative estimate of drug-likeness (QED) is 0.304. The first-order chi connectivity index (χ1) is 17.5. The van der Waals surface area contributed by atoms with Crippen LogP contribution in [0.1, 0.15) is 11.1 Å². The molecule has 0 unspecified atom stereocenters. The van der Waals surface area contributed by atoms with Crippen LogP contribution in [0.15, 0.2) is 47.4 Å². The molecule has 2 aromatic carbocycles. The molecule has 0 bridgehead atoms. The summed E-state index contributed by atoms with van der Waals surface area (Å²) in [5.41, 5.74) is -1.87. The molecule has 194 valence electrons. The van der Waals surface area contributed by atoms with Gasteiger partial charge in [-0.2, -0.15) is 13.2 Å². The molecule has 2 aliphatic heterocycles. The number of rotatable bonds is 6. The zero-order chi connectivity index (χ0) is 26.7. The minimum absolute atomic E-state index is 0.00144. The Morgan fingerprint density at radius 3 is 2.51 bits per heavy atom. The number of carbonyl (C=O) groups is 3. The van der Waals surface area contributed by atoms with Gasteiger partial charge in [0.1, 0.15) is 12.3 Å². The van der Waals surface area contributed by atoms with Crippen LogP contribution in [0, 0.1) is 10.1 Å². The lowest BCUT2D eigenvalue weighted by atomic mass is 10.1. The number of para-hydroxylation sites is 1. The third-order valence-corrected chi connectivity index (χ3v) is 6.35. The lowest BCUT2D eigenvalue weighted by Crippen LogP contribution is -2.46. The summed E-state index contributed by atoms with van der Waals surface area (Å²) >= 11 is 0.607. The number of nitro groups is 1. The van der Waals surface area contributed by atoms with Crippen molar-refractivity contribution in [2.45, 2.75) is 6.18 Å². The number of morpholine rings is 1. The van der Waals surface area contributed by atoms with Crippen LogP contribution in [-0.4, -0.2) is 64.6 Å². The number of amides is 3. The number of benzene rings is 2. The minimum Gasteiger partial charge on any atom is -0.449 e. The summed E-state index contributed by atoms with van der Waals surface area (Å²) in [5, 5.41) is 10.7. The van der Waals surface area contributed by atoms with Gasteiger partial charge in [-0.1, -0.05) is 18.2 Å². The second-order valence-electron chi connectivity index (χ2n) is 7.84. The molecule has 0 aliphatic carbocycles. The lowest BCUT2D eigenvalue weighted by molar-refractivity contribution is -0.385. The number of ether oxygens (including phenoxy) is 2. The van der Waals surface area contributed by atoms with Gasteiger partial charge in [-0.15, -0.1) is 0 Å². The maximum absolute atomic E-state index is 13.0. The normalized spacial score (nSPS) is 17.4. The summed E-state index contributed by atoms with van der Waals surface area (Å²) in [6.45, 7) is 0.998. The first kappa shape index (κ1) is 26.2. The van der Waals surface area contributed by atoms with Crippen LogP contribution in [0.2, 0.25) is 0 Å². The Labute approximate surface area is 211 Å². The Balaban J connectivity index is 1.57. The molecule has 0 saturated carbocycles. The first-order valence-electron chi connectivity index (χ1n) is 10.8. The highest BCUT2D eigenvalue weighted by Crippen LogP contribution is 2.40. The molecule has 0 N–H and O–H groups in total. The summed E-state index contributed by atoms with van der Waals surface area (Å²) in [4.78, 5) is 50.5. The minimum atomic E-state index is -4.78. The summed E-state index contributed by atoms with van der Waals surface area (Å²) in [6.07, 6.45) is -3.47. The van der Waals surface area contributed by atoms with E-state index in [1.807, 2.05) is 0 Å². The van der Waals surface area contributed by atoms with Crippen LogP contribution in [0.3, 0.4) is 0 Å². The molecule has 3 amide bonds. The topological polar surface area (TPSA) is 119 Å². The Morgan fingerprint density at radius 2 is 1.84 bits per heavy atom. The van der Waals surface area contributed by atoms with E-state index in [9.17, 15) is 37.7 Å². The number of nitro benzene ring substituents is 1. The van der Waals surface area contributed by atoms with Gasteiger partial charge in [0.15, 0.2) is 0 Å². The summed E-state index contributed by atoms with van der Waals surface area (Å²) in [7, 11) is 0. The van der Waals surface area contributed by atoms with Gasteiger partial charge >= 0.3 is 11.9 Å². The summed E-state index contributed by atoms with van der Waals surface area (Å²) < 4.78 is 49.8. The van der Waals surface area contributed by atoms with Crippen molar-refractivity contribution in [3.63, 3.8) is 0 Å². The molecule has 2 fully saturated rings. The van der Waals surface area contributed by atoms with Gasteiger partial charge in [0.2, 0.25) is 11.7 Å². The number of nitrogens with zero attached hydrogens (tertiary/aromatic N) is 3. The van der Waals surface area contributed by atoms with Crippen molar-refractivity contribution in [2.75, 3.05) is 32.8 Å². The average Bonchev–Trinajstić information content (AvgIpc) is 3.12. The third kappa shape index (κ3) is 5.91. The Hall–Kier alpha value is -3.91. The van der Waals surface area contributed by atoms with Gasteiger partial charge in [0.25, 0.3) is 11.1 Å². The number of thioether (sulfide) groups is 1. The predicted molar refractivity (Wildman–Crippen MR) is 125 cm³/mol. The van der Waals surface area contributed by atoms with E-state index in [-0.39, 0.29) is 16.2 Å². The fourth-order valence-electron chi connectivity index (χ4n) is 3.56. The zero-order valence-corrected chi connectivity index (χ0v) is 19.7. The van der Waals surface area contributed by atoms with E-state index in [1.165, 1.54) is 29.2 Å². The molecule has 0 atom stereocenters. The van der Waals surface area contributed by atoms with Gasteiger partial charge < -0.3 is 14.4 Å². The highest BCUT2D eigenvalue weighted by Gasteiger charge is 2.38. The smallest absolute Gasteiger partial charge is 0.416 e. The van der Waals surface area contributed by atoms with Crippen LogP contribution in [-0.2, 0) is 20.5 Å². The maximum Gasteiger partial charge on any atom is 0.416 e. The molecule has 2 saturated heterocycles. The van der Waals surface area contributed by atoms with E-state index in [1.54, 1.807) is 6.07 Å².